The van der Waals surface area contributed by atoms with Crippen LogP contribution >= 0.6 is 0 Å². The third kappa shape index (κ3) is 3.11. The van der Waals surface area contributed by atoms with Crippen LogP contribution in [-0.2, 0) is 0 Å². The maximum Gasteiger partial charge on any atom is 0.144 e. The van der Waals surface area contributed by atoms with Crippen molar-refractivity contribution >= 4 is 17.2 Å². The molecule has 19 heavy (non-hydrogen) atoms. The Labute approximate surface area is 112 Å². The number of hydrazine groups is 1. The van der Waals surface area contributed by atoms with Gasteiger partial charge < -0.3 is 22.3 Å². The van der Waals surface area contributed by atoms with Crippen molar-refractivity contribution in [2.75, 3.05) is 12.4 Å². The Balaban J connectivity index is 2.26. The Bertz CT molecular complexity index is 554. The maximum absolute atomic E-state index is 8.08. The molecule has 0 fully saturated rings. The molecule has 100 valence electrons. The summed E-state index contributed by atoms with van der Waals surface area (Å²) in [7, 11) is 0. The molecule has 0 spiro atoms. The van der Waals surface area contributed by atoms with Crippen molar-refractivity contribution in [1.29, 1.82) is 5.41 Å². The number of nitrogens with one attached hydrogen (secondary N) is 3. The standard InChI is InChI=1S/C13H18N6/c1-8(14)2-4-11(15)10-6-9(3-5-12(10)16)13-17-7-18-19-13/h2-3,5-6,15,18H,4,7,14,16H2,1H3,(H,17,19)/b8-2+,15-11?. The molecule has 0 radical (unpaired) electrons. The highest BCUT2D eigenvalue weighted by Crippen LogP contribution is 2.17. The number of nitrogen functional groups attached to an aromatic ring is 1. The molecule has 0 aliphatic carbocycles. The van der Waals surface area contributed by atoms with E-state index in [4.69, 9.17) is 16.9 Å². The summed E-state index contributed by atoms with van der Waals surface area (Å²) in [5.41, 5.74) is 20.7. The average molecular weight is 258 g/mol. The predicted octanol–water partition coefficient (Wildman–Crippen LogP) is 0.701. The van der Waals surface area contributed by atoms with Crippen LogP contribution < -0.4 is 22.3 Å². The van der Waals surface area contributed by atoms with Gasteiger partial charge in [0.1, 0.15) is 12.5 Å². The fraction of sp³-hybridized carbons (Fsp3) is 0.231. The van der Waals surface area contributed by atoms with Crippen molar-refractivity contribution in [3.05, 3.63) is 41.1 Å². The zero-order valence-corrected chi connectivity index (χ0v) is 10.8. The number of nitrogens with two attached hydrogens (primary N) is 2. The fourth-order valence-corrected chi connectivity index (χ4v) is 1.78. The number of anilines is 1. The van der Waals surface area contributed by atoms with Gasteiger partial charge in [0.25, 0.3) is 0 Å². The molecule has 1 aromatic rings. The molecule has 0 saturated heterocycles. The van der Waals surface area contributed by atoms with Crippen molar-refractivity contribution in [2.45, 2.75) is 13.3 Å². The van der Waals surface area contributed by atoms with Crippen LogP contribution in [0.2, 0.25) is 0 Å². The van der Waals surface area contributed by atoms with Crippen LogP contribution in [0.15, 0.2) is 35.0 Å². The zero-order valence-electron chi connectivity index (χ0n) is 10.8. The second-order valence-corrected chi connectivity index (χ2v) is 4.40. The first-order chi connectivity index (χ1) is 9.08. The van der Waals surface area contributed by atoms with Gasteiger partial charge in [-0.1, -0.05) is 6.08 Å². The Morgan fingerprint density at radius 2 is 2.32 bits per heavy atom. The van der Waals surface area contributed by atoms with Crippen molar-refractivity contribution in [2.24, 2.45) is 10.7 Å². The van der Waals surface area contributed by atoms with Gasteiger partial charge in [-0.05, 0) is 25.1 Å². The molecule has 1 heterocycles. The molecule has 0 amide bonds. The molecule has 2 rings (SSSR count). The van der Waals surface area contributed by atoms with E-state index < -0.39 is 0 Å². The van der Waals surface area contributed by atoms with E-state index in [0.717, 1.165) is 11.4 Å². The van der Waals surface area contributed by atoms with Crippen molar-refractivity contribution in [3.63, 3.8) is 0 Å². The van der Waals surface area contributed by atoms with Crippen molar-refractivity contribution in [1.82, 2.24) is 10.9 Å². The predicted molar refractivity (Wildman–Crippen MR) is 77.9 cm³/mol. The lowest BCUT2D eigenvalue weighted by molar-refractivity contribution is 0.727. The molecule has 6 nitrogen and oxygen atoms in total. The molecule has 1 aliphatic heterocycles. The molecular weight excluding hydrogens is 240 g/mol. The van der Waals surface area contributed by atoms with Crippen LogP contribution in [0, 0.1) is 5.41 Å². The lowest BCUT2D eigenvalue weighted by Crippen LogP contribution is -2.30. The third-order valence-corrected chi connectivity index (χ3v) is 2.80. The SMILES string of the molecule is C/C(N)=C\CC(=N)c1cc(C2=NCNN2)ccc1N. The lowest BCUT2D eigenvalue weighted by Gasteiger charge is -2.09. The third-order valence-electron chi connectivity index (χ3n) is 2.80. The minimum absolute atomic E-state index is 0.440. The fourth-order valence-electron chi connectivity index (χ4n) is 1.78. The molecule has 0 bridgehead atoms. The Kier molecular flexibility index (Phi) is 3.82. The quantitative estimate of drug-likeness (QED) is 0.404. The van der Waals surface area contributed by atoms with Gasteiger partial charge in [0.2, 0.25) is 0 Å². The van der Waals surface area contributed by atoms with Crippen molar-refractivity contribution < 1.29 is 0 Å². The van der Waals surface area contributed by atoms with Gasteiger partial charge in [0.05, 0.1) is 0 Å². The number of benzene rings is 1. The van der Waals surface area contributed by atoms with Crippen LogP contribution in [0.5, 0.6) is 0 Å². The molecule has 6 heteroatoms. The normalized spacial score (nSPS) is 15.0. The number of allylic oxidation sites excluding steroid dienone is 2. The minimum atomic E-state index is 0.440. The highest BCUT2D eigenvalue weighted by Gasteiger charge is 2.11. The number of amidine groups is 1. The van der Waals surface area contributed by atoms with Crippen LogP contribution in [0.3, 0.4) is 0 Å². The number of rotatable bonds is 4. The summed E-state index contributed by atoms with van der Waals surface area (Å²) >= 11 is 0. The number of nitrogens with zero attached hydrogens (tertiary/aromatic N) is 1. The number of hydrogen-bond acceptors (Lipinski definition) is 6. The van der Waals surface area contributed by atoms with Crippen LogP contribution in [-0.4, -0.2) is 18.2 Å². The van der Waals surface area contributed by atoms with E-state index in [1.165, 1.54) is 0 Å². The van der Waals surface area contributed by atoms with Gasteiger partial charge in [-0.25, -0.2) is 10.4 Å². The summed E-state index contributed by atoms with van der Waals surface area (Å²) in [6, 6.07) is 5.55. The topological polar surface area (TPSA) is 112 Å². The second-order valence-electron chi connectivity index (χ2n) is 4.40. The summed E-state index contributed by atoms with van der Waals surface area (Å²) in [6.45, 7) is 2.34. The molecular formula is C13H18N6. The molecule has 1 aliphatic rings. The van der Waals surface area contributed by atoms with Gasteiger partial charge >= 0.3 is 0 Å². The first-order valence-corrected chi connectivity index (χ1v) is 6.01. The maximum atomic E-state index is 8.08. The summed E-state index contributed by atoms with van der Waals surface area (Å²) < 4.78 is 0. The Morgan fingerprint density at radius 3 is 2.95 bits per heavy atom. The Morgan fingerprint density at radius 1 is 1.53 bits per heavy atom. The number of hydrogen-bond donors (Lipinski definition) is 5. The molecule has 0 aromatic heterocycles. The van der Waals surface area contributed by atoms with E-state index in [-0.39, 0.29) is 0 Å². The van der Waals surface area contributed by atoms with Crippen molar-refractivity contribution in [3.8, 4) is 0 Å². The first-order valence-electron chi connectivity index (χ1n) is 6.01. The van der Waals surface area contributed by atoms with Gasteiger partial charge in [-0.3, -0.25) is 0 Å². The Hall–Kier alpha value is -2.34. The van der Waals surface area contributed by atoms with Gasteiger partial charge in [-0.15, -0.1) is 0 Å². The lowest BCUT2D eigenvalue weighted by atomic mass is 10.0. The summed E-state index contributed by atoms with van der Waals surface area (Å²) in [4.78, 5) is 4.26. The van der Waals surface area contributed by atoms with Gasteiger partial charge in [0, 0.05) is 34.6 Å². The monoisotopic (exact) mass is 258 g/mol. The minimum Gasteiger partial charge on any atom is -0.403 e. The summed E-state index contributed by atoms with van der Waals surface area (Å²) in [5, 5.41) is 8.08. The highest BCUT2D eigenvalue weighted by molar-refractivity contribution is 6.07. The van der Waals surface area contributed by atoms with E-state index in [1.54, 1.807) is 19.1 Å². The highest BCUT2D eigenvalue weighted by atomic mass is 15.5. The second kappa shape index (κ2) is 5.53. The summed E-state index contributed by atoms with van der Waals surface area (Å²) in [5.74, 6) is 0.764. The zero-order chi connectivity index (χ0) is 13.8. The van der Waals surface area contributed by atoms with Crippen LogP contribution in [0.25, 0.3) is 0 Å². The summed E-state index contributed by atoms with van der Waals surface area (Å²) in [6.07, 6.45) is 2.27. The van der Waals surface area contributed by atoms with E-state index in [0.29, 0.717) is 35.7 Å². The molecule has 7 N–H and O–H groups in total. The van der Waals surface area contributed by atoms with Crippen LogP contribution in [0.1, 0.15) is 24.5 Å². The van der Waals surface area contributed by atoms with Crippen LogP contribution in [0.4, 0.5) is 5.69 Å². The van der Waals surface area contributed by atoms with Gasteiger partial charge in [-0.2, -0.15) is 0 Å². The molecule has 1 aromatic carbocycles. The molecule has 0 saturated carbocycles. The molecule has 0 unspecified atom stereocenters. The van der Waals surface area contributed by atoms with Gasteiger partial charge in [0.15, 0.2) is 0 Å². The largest absolute Gasteiger partial charge is 0.403 e. The first kappa shape index (κ1) is 13.1. The molecule has 0 atom stereocenters. The van der Waals surface area contributed by atoms with E-state index >= 15 is 0 Å². The van der Waals surface area contributed by atoms with E-state index in [1.807, 2.05) is 12.1 Å². The average Bonchev–Trinajstić information content (AvgIpc) is 2.90. The van der Waals surface area contributed by atoms with E-state index in [2.05, 4.69) is 15.8 Å². The van der Waals surface area contributed by atoms with E-state index in [9.17, 15) is 0 Å². The smallest absolute Gasteiger partial charge is 0.144 e. The number of aliphatic imine (C=N–C) groups is 1.